The van der Waals surface area contributed by atoms with E-state index in [2.05, 4.69) is 14.9 Å². The molecule has 0 aliphatic carbocycles. The zero-order valence-electron chi connectivity index (χ0n) is 9.14. The van der Waals surface area contributed by atoms with E-state index in [0.29, 0.717) is 11.2 Å². The molecule has 5 heteroatoms. The molecule has 1 aliphatic rings. The van der Waals surface area contributed by atoms with Gasteiger partial charge in [-0.2, -0.15) is 0 Å². The quantitative estimate of drug-likeness (QED) is 0.818. The maximum atomic E-state index is 8.86. The summed E-state index contributed by atoms with van der Waals surface area (Å²) in [6.45, 7) is 1.28. The van der Waals surface area contributed by atoms with E-state index < -0.39 is 0 Å². The van der Waals surface area contributed by atoms with Crippen molar-refractivity contribution in [2.24, 2.45) is 0 Å². The first-order valence-corrected chi connectivity index (χ1v) is 6.04. The van der Waals surface area contributed by atoms with Crippen molar-refractivity contribution < 1.29 is 5.11 Å². The molecule has 0 bridgehead atoms. The lowest BCUT2D eigenvalue weighted by Gasteiger charge is -2.25. The molecule has 0 amide bonds. The fraction of sp³-hybridized carbons (Fsp3) is 0.636. The van der Waals surface area contributed by atoms with Crippen LogP contribution >= 0.6 is 11.6 Å². The molecule has 1 saturated heterocycles. The van der Waals surface area contributed by atoms with Crippen molar-refractivity contribution in [2.75, 3.05) is 18.1 Å². The molecular formula is C11H16ClN3O. The lowest BCUT2D eigenvalue weighted by atomic mass is 10.1. The van der Waals surface area contributed by atoms with E-state index >= 15 is 0 Å². The molecular weight excluding hydrogens is 226 g/mol. The first-order chi connectivity index (χ1) is 7.81. The summed E-state index contributed by atoms with van der Waals surface area (Å²) in [6.07, 6.45) is 5.70. The van der Waals surface area contributed by atoms with Gasteiger partial charge in [0.15, 0.2) is 0 Å². The third-order valence-corrected chi connectivity index (χ3v) is 3.19. The summed E-state index contributed by atoms with van der Waals surface area (Å²) in [5, 5.41) is 9.35. The molecule has 0 radical (unpaired) electrons. The molecule has 1 aromatic rings. The summed E-state index contributed by atoms with van der Waals surface area (Å²) in [5.74, 6) is 0.903. The van der Waals surface area contributed by atoms with Crippen LogP contribution in [0.3, 0.4) is 0 Å². The maximum absolute atomic E-state index is 8.86. The van der Waals surface area contributed by atoms with Gasteiger partial charge in [0.2, 0.25) is 0 Å². The number of halogens is 1. The van der Waals surface area contributed by atoms with Gasteiger partial charge in [0.25, 0.3) is 0 Å². The SMILES string of the molecule is OCCCC1CCCN1c1cc(Cl)ncn1. The molecule has 88 valence electrons. The first kappa shape index (κ1) is 11.6. The van der Waals surface area contributed by atoms with Crippen LogP contribution < -0.4 is 4.90 Å². The predicted molar refractivity (Wildman–Crippen MR) is 63.7 cm³/mol. The highest BCUT2D eigenvalue weighted by molar-refractivity contribution is 6.29. The fourth-order valence-electron chi connectivity index (χ4n) is 2.25. The second kappa shape index (κ2) is 5.46. The number of nitrogens with zero attached hydrogens (tertiary/aromatic N) is 3. The van der Waals surface area contributed by atoms with E-state index in [1.807, 2.05) is 0 Å². The van der Waals surface area contributed by atoms with Gasteiger partial charge < -0.3 is 10.0 Å². The third-order valence-electron chi connectivity index (χ3n) is 2.99. The Bertz CT molecular complexity index is 348. The number of anilines is 1. The van der Waals surface area contributed by atoms with Gasteiger partial charge in [-0.15, -0.1) is 0 Å². The molecule has 1 aliphatic heterocycles. The molecule has 1 aromatic heterocycles. The molecule has 1 unspecified atom stereocenters. The largest absolute Gasteiger partial charge is 0.396 e. The highest BCUT2D eigenvalue weighted by atomic mass is 35.5. The monoisotopic (exact) mass is 241 g/mol. The smallest absolute Gasteiger partial charge is 0.134 e. The van der Waals surface area contributed by atoms with E-state index in [0.717, 1.165) is 25.2 Å². The highest BCUT2D eigenvalue weighted by Gasteiger charge is 2.25. The van der Waals surface area contributed by atoms with Crippen molar-refractivity contribution in [1.29, 1.82) is 0 Å². The van der Waals surface area contributed by atoms with E-state index in [1.54, 1.807) is 6.07 Å². The Morgan fingerprint density at radius 1 is 1.50 bits per heavy atom. The molecule has 0 aromatic carbocycles. The molecule has 1 N–H and O–H groups in total. The van der Waals surface area contributed by atoms with Crippen LogP contribution in [0.25, 0.3) is 0 Å². The van der Waals surface area contributed by atoms with Crippen molar-refractivity contribution in [3.8, 4) is 0 Å². The van der Waals surface area contributed by atoms with Crippen molar-refractivity contribution in [2.45, 2.75) is 31.7 Å². The summed E-state index contributed by atoms with van der Waals surface area (Å²) >= 11 is 5.86. The molecule has 2 rings (SSSR count). The number of rotatable bonds is 4. The van der Waals surface area contributed by atoms with Gasteiger partial charge in [-0.05, 0) is 25.7 Å². The Hall–Kier alpha value is -0.870. The van der Waals surface area contributed by atoms with Crippen LogP contribution in [0.15, 0.2) is 12.4 Å². The number of aliphatic hydroxyl groups is 1. The number of hydrogen-bond acceptors (Lipinski definition) is 4. The first-order valence-electron chi connectivity index (χ1n) is 5.66. The van der Waals surface area contributed by atoms with Crippen LogP contribution in [-0.2, 0) is 0 Å². The van der Waals surface area contributed by atoms with Crippen molar-refractivity contribution in [3.63, 3.8) is 0 Å². The van der Waals surface area contributed by atoms with Crippen LogP contribution in [0.1, 0.15) is 25.7 Å². The van der Waals surface area contributed by atoms with Crippen molar-refractivity contribution >= 4 is 17.4 Å². The zero-order valence-corrected chi connectivity index (χ0v) is 9.90. The van der Waals surface area contributed by atoms with Gasteiger partial charge in [-0.25, -0.2) is 9.97 Å². The Morgan fingerprint density at radius 3 is 3.12 bits per heavy atom. The van der Waals surface area contributed by atoms with Gasteiger partial charge >= 0.3 is 0 Å². The predicted octanol–water partition coefficient (Wildman–Crippen LogP) is 1.87. The standard InChI is InChI=1S/C11H16ClN3O/c12-10-7-11(14-8-13-10)15-5-1-3-9(15)4-2-6-16/h7-9,16H,1-6H2. The van der Waals surface area contributed by atoms with Crippen LogP contribution in [0.4, 0.5) is 5.82 Å². The minimum absolute atomic E-state index is 0.259. The van der Waals surface area contributed by atoms with Crippen LogP contribution in [0.5, 0.6) is 0 Å². The zero-order chi connectivity index (χ0) is 11.4. The minimum Gasteiger partial charge on any atom is -0.396 e. The van der Waals surface area contributed by atoms with Gasteiger partial charge in [0, 0.05) is 25.3 Å². The Morgan fingerprint density at radius 2 is 2.38 bits per heavy atom. The third kappa shape index (κ3) is 2.62. The molecule has 1 fully saturated rings. The molecule has 0 spiro atoms. The van der Waals surface area contributed by atoms with Crippen LogP contribution in [-0.4, -0.2) is 34.3 Å². The van der Waals surface area contributed by atoms with Gasteiger partial charge in [0.05, 0.1) is 0 Å². The van der Waals surface area contributed by atoms with Crippen molar-refractivity contribution in [1.82, 2.24) is 9.97 Å². The average Bonchev–Trinajstić information content (AvgIpc) is 2.74. The van der Waals surface area contributed by atoms with E-state index in [4.69, 9.17) is 16.7 Å². The fourth-order valence-corrected chi connectivity index (χ4v) is 2.39. The highest BCUT2D eigenvalue weighted by Crippen LogP contribution is 2.27. The molecule has 1 atom stereocenters. The second-order valence-electron chi connectivity index (χ2n) is 4.05. The van der Waals surface area contributed by atoms with E-state index in [-0.39, 0.29) is 6.61 Å². The van der Waals surface area contributed by atoms with Crippen LogP contribution in [0, 0.1) is 0 Å². The summed E-state index contributed by atoms with van der Waals surface area (Å²) in [4.78, 5) is 10.4. The Kier molecular flexibility index (Phi) is 3.96. The molecule has 4 nitrogen and oxygen atoms in total. The van der Waals surface area contributed by atoms with E-state index in [1.165, 1.54) is 19.2 Å². The normalized spacial score (nSPS) is 20.4. The summed E-state index contributed by atoms with van der Waals surface area (Å²) < 4.78 is 0. The number of aliphatic hydroxyl groups excluding tert-OH is 1. The van der Waals surface area contributed by atoms with E-state index in [9.17, 15) is 0 Å². The minimum atomic E-state index is 0.259. The topological polar surface area (TPSA) is 49.2 Å². The lowest BCUT2D eigenvalue weighted by Crippen LogP contribution is -2.30. The van der Waals surface area contributed by atoms with Crippen molar-refractivity contribution in [3.05, 3.63) is 17.5 Å². The number of hydrogen-bond donors (Lipinski definition) is 1. The Labute approximate surface area is 100 Å². The van der Waals surface area contributed by atoms with Crippen LogP contribution in [0.2, 0.25) is 5.15 Å². The average molecular weight is 242 g/mol. The summed E-state index contributed by atoms with van der Waals surface area (Å²) in [5.41, 5.74) is 0. The van der Waals surface area contributed by atoms with Gasteiger partial charge in [0.1, 0.15) is 17.3 Å². The van der Waals surface area contributed by atoms with Gasteiger partial charge in [-0.1, -0.05) is 11.6 Å². The molecule has 0 saturated carbocycles. The second-order valence-corrected chi connectivity index (χ2v) is 4.44. The lowest BCUT2D eigenvalue weighted by molar-refractivity contribution is 0.279. The number of aromatic nitrogens is 2. The summed E-state index contributed by atoms with van der Waals surface area (Å²) in [7, 11) is 0. The molecule has 16 heavy (non-hydrogen) atoms. The van der Waals surface area contributed by atoms with Gasteiger partial charge in [-0.3, -0.25) is 0 Å². The molecule has 2 heterocycles. The maximum Gasteiger partial charge on any atom is 0.134 e. The summed E-state index contributed by atoms with van der Waals surface area (Å²) in [6, 6.07) is 2.29. The Balaban J connectivity index is 2.07.